The molecule has 0 bridgehead atoms. The van der Waals surface area contributed by atoms with Gasteiger partial charge in [0.25, 0.3) is 8.32 Å². The first-order valence-corrected chi connectivity index (χ1v) is 16.8. The Morgan fingerprint density at radius 1 is 1.00 bits per heavy atom. The van der Waals surface area contributed by atoms with Crippen LogP contribution in [0.4, 0.5) is 0 Å². The monoisotopic (exact) mass is 564 g/mol. The van der Waals surface area contributed by atoms with E-state index in [1.54, 1.807) is 26.0 Å². The molecule has 0 aromatic rings. The van der Waals surface area contributed by atoms with E-state index in [2.05, 4.69) is 54.7 Å². The van der Waals surface area contributed by atoms with Gasteiger partial charge in [0, 0.05) is 12.3 Å². The molecule has 1 heterocycles. The fourth-order valence-corrected chi connectivity index (χ4v) is 12.1. The first-order valence-electron chi connectivity index (χ1n) is 14.7. The van der Waals surface area contributed by atoms with Gasteiger partial charge in [-0.05, 0) is 61.7 Å². The Hall–Kier alpha value is -1.90. The summed E-state index contributed by atoms with van der Waals surface area (Å²) in [5.74, 6) is -1.71. The van der Waals surface area contributed by atoms with Gasteiger partial charge in [-0.2, -0.15) is 0 Å². The molecule has 0 radical (unpaired) electrons. The summed E-state index contributed by atoms with van der Waals surface area (Å²) in [5, 5.41) is 0. The highest BCUT2D eigenvalue weighted by Gasteiger charge is 2.59. The zero-order valence-corrected chi connectivity index (χ0v) is 26.5. The Balaban J connectivity index is 2.45. The molecule has 7 nitrogen and oxygen atoms in total. The molecule has 0 N–H and O–H groups in total. The van der Waals surface area contributed by atoms with Crippen molar-refractivity contribution in [2.75, 3.05) is 26.4 Å². The Labute approximate surface area is 237 Å². The van der Waals surface area contributed by atoms with Crippen LogP contribution in [0.1, 0.15) is 81.1 Å². The van der Waals surface area contributed by atoms with Crippen molar-refractivity contribution in [2.45, 2.75) is 103 Å². The Morgan fingerprint density at radius 2 is 1.51 bits per heavy atom. The molecule has 8 heteroatoms. The predicted molar refractivity (Wildman–Crippen MR) is 156 cm³/mol. The lowest BCUT2D eigenvalue weighted by Crippen LogP contribution is -2.48. The Bertz CT molecular complexity index is 846. The molecule has 2 atom stereocenters. The van der Waals surface area contributed by atoms with Gasteiger partial charge in [-0.1, -0.05) is 60.3 Å². The molecule has 2 rings (SSSR count). The lowest BCUT2D eigenvalue weighted by Gasteiger charge is -2.42. The molecule has 222 valence electrons. The van der Waals surface area contributed by atoms with Crippen molar-refractivity contribution >= 4 is 20.3 Å². The van der Waals surface area contributed by atoms with Crippen molar-refractivity contribution in [2.24, 2.45) is 17.3 Å². The van der Waals surface area contributed by atoms with E-state index in [1.807, 2.05) is 6.08 Å². The molecule has 1 spiro atoms. The molecule has 1 saturated carbocycles. The zero-order chi connectivity index (χ0) is 29.4. The molecule has 0 unspecified atom stereocenters. The van der Waals surface area contributed by atoms with E-state index in [1.165, 1.54) is 0 Å². The van der Waals surface area contributed by atoms with Gasteiger partial charge >= 0.3 is 11.9 Å². The highest BCUT2D eigenvalue weighted by Crippen LogP contribution is 2.52. The van der Waals surface area contributed by atoms with Crippen LogP contribution in [0.15, 0.2) is 37.1 Å². The highest BCUT2D eigenvalue weighted by atomic mass is 28.4. The fraction of sp³-hybridized carbons (Fsp3) is 0.742. The van der Waals surface area contributed by atoms with E-state index in [4.69, 9.17) is 23.4 Å². The van der Waals surface area contributed by atoms with Crippen LogP contribution in [0.2, 0.25) is 16.6 Å². The number of allylic oxidation sites excluding steroid dienone is 3. The van der Waals surface area contributed by atoms with Crippen molar-refractivity contribution in [1.82, 2.24) is 0 Å². The maximum Gasteiger partial charge on any atom is 0.323 e. The van der Waals surface area contributed by atoms with Crippen LogP contribution in [0.5, 0.6) is 0 Å². The van der Waals surface area contributed by atoms with Gasteiger partial charge in [0.05, 0.1) is 32.2 Å². The first-order chi connectivity index (χ1) is 18.4. The second-order valence-electron chi connectivity index (χ2n) is 11.8. The van der Waals surface area contributed by atoms with Crippen molar-refractivity contribution in [3.63, 3.8) is 0 Å². The second-order valence-corrected chi connectivity index (χ2v) is 17.1. The maximum absolute atomic E-state index is 13.6. The van der Waals surface area contributed by atoms with Crippen molar-refractivity contribution in [1.29, 1.82) is 0 Å². The van der Waals surface area contributed by atoms with Crippen LogP contribution in [0.25, 0.3) is 0 Å². The molecule has 1 saturated heterocycles. The summed E-state index contributed by atoms with van der Waals surface area (Å²) in [6, 6.07) is 0. The largest absolute Gasteiger partial charge is 0.543 e. The summed E-state index contributed by atoms with van der Waals surface area (Å²) < 4.78 is 29.9. The topological polar surface area (TPSA) is 80.3 Å². The minimum absolute atomic E-state index is 0.0309. The third kappa shape index (κ3) is 6.88. The predicted octanol–water partition coefficient (Wildman–Crippen LogP) is 7.10. The molecular formula is C31H52O7Si. The van der Waals surface area contributed by atoms with Crippen LogP contribution in [-0.4, -0.2) is 52.5 Å². The van der Waals surface area contributed by atoms with Crippen LogP contribution < -0.4 is 0 Å². The standard InChI is InChI=1S/C31H52O7Si/c1-11-26-16-18-31(36-19-20-37-31)27(26)21-30(28(32)34-12-2,29(33)35-13-3)17-14-15-25(10)38-39(22(4)5,23(6)7)24(8)9/h11,14-15,22-24,26-27H,1,10,12-13,16-21H2,2-9H3/b15-14+/t26-,27+/m1/s1. The summed E-state index contributed by atoms with van der Waals surface area (Å²) in [6.45, 7) is 26.3. The Morgan fingerprint density at radius 3 is 1.95 bits per heavy atom. The number of esters is 2. The average Bonchev–Trinajstić information content (AvgIpc) is 3.48. The van der Waals surface area contributed by atoms with E-state index in [0.717, 1.165) is 6.42 Å². The molecular weight excluding hydrogens is 512 g/mol. The van der Waals surface area contributed by atoms with Crippen molar-refractivity contribution in [3.8, 4) is 0 Å². The number of carbonyl (C=O) groups is 2. The quantitative estimate of drug-likeness (QED) is 0.0524. The zero-order valence-electron chi connectivity index (χ0n) is 25.5. The molecule has 0 amide bonds. The molecule has 0 aromatic heterocycles. The number of ether oxygens (including phenoxy) is 4. The van der Waals surface area contributed by atoms with Gasteiger partial charge in [-0.15, -0.1) is 6.58 Å². The van der Waals surface area contributed by atoms with Gasteiger partial charge < -0.3 is 23.4 Å². The summed E-state index contributed by atoms with van der Waals surface area (Å²) in [4.78, 5) is 27.3. The van der Waals surface area contributed by atoms with Crippen LogP contribution >= 0.6 is 0 Å². The van der Waals surface area contributed by atoms with Gasteiger partial charge in [0.15, 0.2) is 11.2 Å². The van der Waals surface area contributed by atoms with Crippen molar-refractivity contribution < 1.29 is 33.0 Å². The third-order valence-electron chi connectivity index (χ3n) is 8.67. The minimum atomic E-state index is -2.20. The van der Waals surface area contributed by atoms with E-state index in [0.29, 0.717) is 42.0 Å². The minimum Gasteiger partial charge on any atom is -0.543 e. The summed E-state index contributed by atoms with van der Waals surface area (Å²) >= 11 is 0. The maximum atomic E-state index is 13.6. The fourth-order valence-electron chi connectivity index (χ4n) is 6.92. The lowest BCUT2D eigenvalue weighted by molar-refractivity contribution is -0.199. The average molecular weight is 565 g/mol. The van der Waals surface area contributed by atoms with Crippen LogP contribution in [0, 0.1) is 17.3 Å². The molecule has 2 fully saturated rings. The van der Waals surface area contributed by atoms with E-state index in [-0.39, 0.29) is 37.9 Å². The van der Waals surface area contributed by atoms with E-state index in [9.17, 15) is 9.59 Å². The molecule has 39 heavy (non-hydrogen) atoms. The second kappa shape index (κ2) is 14.1. The van der Waals surface area contributed by atoms with Crippen molar-refractivity contribution in [3.05, 3.63) is 37.1 Å². The van der Waals surface area contributed by atoms with Gasteiger partial charge in [0.1, 0.15) is 0 Å². The summed E-state index contributed by atoms with van der Waals surface area (Å²) in [7, 11) is -2.20. The number of hydrogen-bond donors (Lipinski definition) is 0. The number of hydrogen-bond acceptors (Lipinski definition) is 7. The summed E-state index contributed by atoms with van der Waals surface area (Å²) in [6.07, 6.45) is 7.22. The molecule has 1 aliphatic heterocycles. The molecule has 0 aromatic carbocycles. The van der Waals surface area contributed by atoms with Gasteiger partial charge in [-0.25, -0.2) is 0 Å². The Kier molecular flexibility index (Phi) is 12.1. The van der Waals surface area contributed by atoms with Crippen LogP contribution in [-0.2, 0) is 33.0 Å². The third-order valence-corrected chi connectivity index (χ3v) is 14.7. The van der Waals surface area contributed by atoms with E-state index < -0.39 is 31.5 Å². The smallest absolute Gasteiger partial charge is 0.323 e. The number of rotatable bonds is 15. The molecule has 1 aliphatic carbocycles. The summed E-state index contributed by atoms with van der Waals surface area (Å²) in [5.41, 5.74) is -0.394. The van der Waals surface area contributed by atoms with E-state index >= 15 is 0 Å². The number of carbonyl (C=O) groups excluding carboxylic acids is 2. The van der Waals surface area contributed by atoms with Gasteiger partial charge in [-0.3, -0.25) is 9.59 Å². The highest BCUT2D eigenvalue weighted by molar-refractivity contribution is 6.77. The van der Waals surface area contributed by atoms with Gasteiger partial charge in [0.2, 0.25) is 0 Å². The lowest BCUT2D eigenvalue weighted by atomic mass is 9.72. The normalized spacial score (nSPS) is 21.3. The van der Waals surface area contributed by atoms with Crippen LogP contribution in [0.3, 0.4) is 0 Å². The first kappa shape index (κ1) is 33.3. The molecule has 2 aliphatic rings. The SMILES string of the molecule is C=C[C@@H]1CCC2(OCCO2)[C@H]1CC(C/C=C/C(=C)O[Si](C(C)C)(C(C)C)C(C)C)(C(=O)OCC)C(=O)OCC.